The van der Waals surface area contributed by atoms with E-state index < -0.39 is 0 Å². The van der Waals surface area contributed by atoms with Gasteiger partial charge in [0.1, 0.15) is 0 Å². The number of non-ortho nitro benzene ring substituents is 1. The summed E-state index contributed by atoms with van der Waals surface area (Å²) in [5, 5.41) is 14.7. The first-order valence-electron chi connectivity index (χ1n) is 5.40. The predicted molar refractivity (Wildman–Crippen MR) is 69.3 cm³/mol. The summed E-state index contributed by atoms with van der Waals surface area (Å²) in [4.78, 5) is 14.5. The lowest BCUT2D eigenvalue weighted by Crippen LogP contribution is -2.26. The fraction of sp³-hybridized carbons (Fsp3) is 0.364. The number of benzene rings is 1. The lowest BCUT2D eigenvalue weighted by Gasteiger charge is -2.13. The molecule has 1 aliphatic heterocycles. The summed E-state index contributed by atoms with van der Waals surface area (Å²) in [6.45, 7) is 1.86. The third-order valence-corrected chi connectivity index (χ3v) is 3.41. The maximum Gasteiger partial charge on any atom is 0.269 e. The summed E-state index contributed by atoms with van der Waals surface area (Å²) in [5.41, 5.74) is 1.20. The van der Waals surface area contributed by atoms with Crippen molar-refractivity contribution in [3.05, 3.63) is 39.9 Å². The second-order valence-corrected chi connectivity index (χ2v) is 4.64. The molecule has 0 saturated heterocycles. The Balaban J connectivity index is 1.90. The highest BCUT2D eigenvalue weighted by molar-refractivity contribution is 8.13. The van der Waals surface area contributed by atoms with Gasteiger partial charge in [0.05, 0.1) is 4.92 Å². The summed E-state index contributed by atoms with van der Waals surface area (Å²) in [5.74, 6) is 0.782. The minimum atomic E-state index is -0.385. The number of thioether (sulfide) groups is 1. The Morgan fingerprint density at radius 2 is 2.18 bits per heavy atom. The van der Waals surface area contributed by atoms with E-state index in [2.05, 4.69) is 10.3 Å². The number of nitro groups is 1. The first kappa shape index (κ1) is 11.9. The molecule has 0 aromatic heterocycles. The van der Waals surface area contributed by atoms with Crippen molar-refractivity contribution in [1.82, 2.24) is 5.32 Å². The van der Waals surface area contributed by atoms with Gasteiger partial charge >= 0.3 is 0 Å². The van der Waals surface area contributed by atoms with Gasteiger partial charge in [0, 0.05) is 31.0 Å². The maximum absolute atomic E-state index is 10.5. The van der Waals surface area contributed by atoms with Gasteiger partial charge in [-0.25, -0.2) is 0 Å². The highest BCUT2D eigenvalue weighted by Gasteiger charge is 2.07. The lowest BCUT2D eigenvalue weighted by molar-refractivity contribution is -0.384. The summed E-state index contributed by atoms with van der Waals surface area (Å²) in [6, 6.07) is 6.64. The highest BCUT2D eigenvalue weighted by atomic mass is 32.2. The number of nitro benzene ring substituents is 1. The molecule has 0 bridgehead atoms. The fourth-order valence-electron chi connectivity index (χ4n) is 1.47. The Morgan fingerprint density at radius 3 is 2.76 bits per heavy atom. The molecule has 17 heavy (non-hydrogen) atoms. The van der Waals surface area contributed by atoms with Crippen molar-refractivity contribution < 1.29 is 4.92 Å². The molecule has 0 aliphatic carbocycles. The van der Waals surface area contributed by atoms with Crippen molar-refractivity contribution in [1.29, 1.82) is 0 Å². The second kappa shape index (κ2) is 5.67. The van der Waals surface area contributed by atoms with E-state index in [1.165, 1.54) is 12.1 Å². The summed E-state index contributed by atoms with van der Waals surface area (Å²) in [6.07, 6.45) is 1.08. The van der Waals surface area contributed by atoms with E-state index in [1.807, 2.05) is 0 Å². The molecule has 1 N–H and O–H groups in total. The van der Waals surface area contributed by atoms with Crippen molar-refractivity contribution in [3.63, 3.8) is 0 Å². The highest BCUT2D eigenvalue weighted by Crippen LogP contribution is 2.17. The van der Waals surface area contributed by atoms with Gasteiger partial charge in [-0.3, -0.25) is 15.1 Å². The number of amidine groups is 1. The van der Waals surface area contributed by atoms with Gasteiger partial charge < -0.3 is 5.32 Å². The minimum absolute atomic E-state index is 0.131. The molecule has 0 saturated carbocycles. The average Bonchev–Trinajstić information content (AvgIpc) is 2.38. The van der Waals surface area contributed by atoms with Crippen LogP contribution in [0.3, 0.4) is 0 Å². The molecule has 0 atom stereocenters. The fourth-order valence-corrected chi connectivity index (χ4v) is 2.36. The Bertz CT molecular complexity index is 431. The van der Waals surface area contributed by atoms with E-state index in [-0.39, 0.29) is 10.6 Å². The molecule has 1 aromatic carbocycles. The van der Waals surface area contributed by atoms with Crippen molar-refractivity contribution in [3.8, 4) is 0 Å². The zero-order valence-corrected chi connectivity index (χ0v) is 10.1. The molecule has 1 aliphatic rings. The van der Waals surface area contributed by atoms with Gasteiger partial charge in [0.15, 0.2) is 5.17 Å². The molecule has 2 rings (SSSR count). The van der Waals surface area contributed by atoms with Gasteiger partial charge in [0.25, 0.3) is 5.69 Å². The molecular weight excluding hydrogens is 238 g/mol. The molecular formula is C11H13N3O2S. The Kier molecular flexibility index (Phi) is 3.98. The van der Waals surface area contributed by atoms with Crippen molar-refractivity contribution in [2.24, 2.45) is 4.99 Å². The summed E-state index contributed by atoms with van der Waals surface area (Å²) >= 11 is 1.63. The molecule has 90 valence electrons. The smallest absolute Gasteiger partial charge is 0.269 e. The van der Waals surface area contributed by atoms with Gasteiger partial charge in [-0.2, -0.15) is 0 Å². The van der Waals surface area contributed by atoms with Crippen molar-refractivity contribution >= 4 is 22.6 Å². The Hall–Kier alpha value is -1.56. The van der Waals surface area contributed by atoms with Crippen LogP contribution in [0.1, 0.15) is 12.0 Å². The average molecular weight is 251 g/mol. The molecule has 6 heteroatoms. The van der Waals surface area contributed by atoms with E-state index in [1.54, 1.807) is 23.9 Å². The summed E-state index contributed by atoms with van der Waals surface area (Å²) < 4.78 is 0. The second-order valence-electron chi connectivity index (χ2n) is 3.68. The monoisotopic (exact) mass is 251 g/mol. The van der Waals surface area contributed by atoms with Crippen LogP contribution in [0.4, 0.5) is 5.69 Å². The van der Waals surface area contributed by atoms with Crippen LogP contribution in [-0.4, -0.2) is 23.2 Å². The molecule has 5 nitrogen and oxygen atoms in total. The van der Waals surface area contributed by atoms with Gasteiger partial charge in [0.2, 0.25) is 0 Å². The topological polar surface area (TPSA) is 67.5 Å². The SMILES string of the molecule is O=[N+]([O-])c1ccc(CSC2=NCCCN2)cc1. The van der Waals surface area contributed by atoms with Gasteiger partial charge in [-0.05, 0) is 12.0 Å². The molecule has 0 spiro atoms. The first-order chi connectivity index (χ1) is 8.25. The normalized spacial score (nSPS) is 14.9. The third-order valence-electron chi connectivity index (χ3n) is 2.39. The largest absolute Gasteiger partial charge is 0.365 e. The Labute approximate surface area is 103 Å². The summed E-state index contributed by atoms with van der Waals surface area (Å²) in [7, 11) is 0. The van der Waals surface area contributed by atoms with Gasteiger partial charge in [-0.15, -0.1) is 0 Å². The third kappa shape index (κ3) is 3.45. The molecule has 0 amide bonds. The lowest BCUT2D eigenvalue weighted by atomic mass is 10.2. The van der Waals surface area contributed by atoms with Crippen LogP contribution in [0.5, 0.6) is 0 Å². The zero-order chi connectivity index (χ0) is 12.1. The molecule has 0 unspecified atom stereocenters. The number of rotatable bonds is 3. The van der Waals surface area contributed by atoms with E-state index >= 15 is 0 Å². The van der Waals surface area contributed by atoms with Crippen LogP contribution >= 0.6 is 11.8 Å². The van der Waals surface area contributed by atoms with Gasteiger partial charge in [-0.1, -0.05) is 23.9 Å². The van der Waals surface area contributed by atoms with Crippen LogP contribution in [0.2, 0.25) is 0 Å². The molecule has 0 fully saturated rings. The number of nitrogens with zero attached hydrogens (tertiary/aromatic N) is 2. The van der Waals surface area contributed by atoms with E-state index in [9.17, 15) is 10.1 Å². The van der Waals surface area contributed by atoms with E-state index in [0.29, 0.717) is 0 Å². The van der Waals surface area contributed by atoms with Crippen LogP contribution in [0.15, 0.2) is 29.3 Å². The minimum Gasteiger partial charge on any atom is -0.365 e. The first-order valence-corrected chi connectivity index (χ1v) is 6.39. The van der Waals surface area contributed by atoms with Crippen LogP contribution in [0.25, 0.3) is 0 Å². The number of aliphatic imine (C=N–C) groups is 1. The quantitative estimate of drug-likeness (QED) is 0.660. The maximum atomic E-state index is 10.5. The zero-order valence-electron chi connectivity index (χ0n) is 9.26. The van der Waals surface area contributed by atoms with Crippen molar-refractivity contribution in [2.75, 3.05) is 13.1 Å². The molecule has 1 heterocycles. The number of nitrogens with one attached hydrogen (secondary N) is 1. The Morgan fingerprint density at radius 1 is 1.41 bits per heavy atom. The van der Waals surface area contributed by atoms with Crippen LogP contribution in [0, 0.1) is 10.1 Å². The standard InChI is InChI=1S/C11H13N3O2S/c15-14(16)10-4-2-9(3-5-10)8-17-11-12-6-1-7-13-11/h2-5H,1,6-8H2,(H,12,13). The number of hydrogen-bond acceptors (Lipinski definition) is 5. The molecule has 0 radical (unpaired) electrons. The van der Waals surface area contributed by atoms with Crippen LogP contribution in [-0.2, 0) is 5.75 Å². The van der Waals surface area contributed by atoms with E-state index in [4.69, 9.17) is 0 Å². The van der Waals surface area contributed by atoms with E-state index in [0.717, 1.165) is 36.0 Å². The molecule has 1 aromatic rings. The number of hydrogen-bond donors (Lipinski definition) is 1. The van der Waals surface area contributed by atoms with Crippen molar-refractivity contribution in [2.45, 2.75) is 12.2 Å². The predicted octanol–water partition coefficient (Wildman–Crippen LogP) is 2.18. The van der Waals surface area contributed by atoms with Crippen LogP contribution < -0.4 is 5.32 Å².